The number of anilines is 1. The molecule has 0 saturated heterocycles. The zero-order chi connectivity index (χ0) is 30.0. The summed E-state index contributed by atoms with van der Waals surface area (Å²) in [6, 6.07) is 20.0. The van der Waals surface area contributed by atoms with Gasteiger partial charge in [0.05, 0.1) is 17.7 Å². The van der Waals surface area contributed by atoms with E-state index in [1.807, 2.05) is 52.0 Å². The summed E-state index contributed by atoms with van der Waals surface area (Å²) >= 11 is 0. The first-order valence-electron chi connectivity index (χ1n) is 14.0. The average molecular weight is 580 g/mol. The fourth-order valence-corrected chi connectivity index (χ4v) is 5.84. The molecule has 0 fully saturated rings. The van der Waals surface area contributed by atoms with Gasteiger partial charge in [0.15, 0.2) is 0 Å². The highest BCUT2D eigenvalue weighted by Gasteiger charge is 2.33. The van der Waals surface area contributed by atoms with Gasteiger partial charge in [-0.25, -0.2) is 8.42 Å². The molecule has 0 heterocycles. The molecule has 0 aliphatic rings. The Bertz CT molecular complexity index is 1390. The van der Waals surface area contributed by atoms with Crippen LogP contribution in [0.1, 0.15) is 49.8 Å². The maximum atomic E-state index is 14.1. The number of methoxy groups -OCH3 is 1. The third kappa shape index (κ3) is 8.33. The molecule has 0 saturated carbocycles. The van der Waals surface area contributed by atoms with Gasteiger partial charge >= 0.3 is 0 Å². The zero-order valence-electron chi connectivity index (χ0n) is 24.6. The number of hydrogen-bond donors (Lipinski definition) is 1. The van der Waals surface area contributed by atoms with Gasteiger partial charge in [-0.1, -0.05) is 67.8 Å². The van der Waals surface area contributed by atoms with Gasteiger partial charge in [-0.15, -0.1) is 0 Å². The third-order valence-electron chi connectivity index (χ3n) is 6.94. The number of aryl methyl sites for hydroxylation is 2. The predicted molar refractivity (Wildman–Crippen MR) is 162 cm³/mol. The topological polar surface area (TPSA) is 96.0 Å². The Hall–Kier alpha value is -3.85. The lowest BCUT2D eigenvalue weighted by molar-refractivity contribution is -0.140. The quantitative estimate of drug-likeness (QED) is 0.264. The summed E-state index contributed by atoms with van der Waals surface area (Å²) in [5.41, 5.74) is 3.05. The van der Waals surface area contributed by atoms with Gasteiger partial charge in [0, 0.05) is 13.1 Å². The van der Waals surface area contributed by atoms with Crippen molar-refractivity contribution in [1.29, 1.82) is 0 Å². The lowest BCUT2D eigenvalue weighted by Gasteiger charge is -2.33. The van der Waals surface area contributed by atoms with E-state index < -0.39 is 28.5 Å². The van der Waals surface area contributed by atoms with Crippen LogP contribution in [0.5, 0.6) is 5.75 Å². The number of ether oxygens (including phenoxy) is 1. The minimum absolute atomic E-state index is 0.0857. The van der Waals surface area contributed by atoms with E-state index in [4.69, 9.17) is 4.74 Å². The van der Waals surface area contributed by atoms with Gasteiger partial charge in [0.25, 0.3) is 10.0 Å². The van der Waals surface area contributed by atoms with Crippen LogP contribution in [0, 0.1) is 13.8 Å². The highest BCUT2D eigenvalue weighted by Crippen LogP contribution is 2.26. The minimum atomic E-state index is -4.10. The van der Waals surface area contributed by atoms with E-state index in [2.05, 4.69) is 5.32 Å². The van der Waals surface area contributed by atoms with Gasteiger partial charge in [0.1, 0.15) is 18.3 Å². The van der Waals surface area contributed by atoms with Crippen molar-refractivity contribution in [2.75, 3.05) is 24.5 Å². The van der Waals surface area contributed by atoms with E-state index in [1.165, 1.54) is 4.90 Å². The van der Waals surface area contributed by atoms with Crippen LogP contribution >= 0.6 is 0 Å². The first kappa shape index (κ1) is 31.7. The van der Waals surface area contributed by atoms with E-state index in [1.54, 1.807) is 55.6 Å². The molecule has 2 amide bonds. The molecule has 1 N–H and O–H groups in total. The summed E-state index contributed by atoms with van der Waals surface area (Å²) in [5.74, 6) is -0.0635. The fraction of sp³-hybridized carbons (Fsp3) is 0.375. The van der Waals surface area contributed by atoms with Crippen molar-refractivity contribution in [3.05, 3.63) is 89.5 Å². The summed E-state index contributed by atoms with van der Waals surface area (Å²) in [7, 11) is -2.52. The molecule has 3 aromatic carbocycles. The molecule has 220 valence electrons. The van der Waals surface area contributed by atoms with Crippen LogP contribution in [-0.2, 0) is 26.2 Å². The van der Waals surface area contributed by atoms with E-state index in [-0.39, 0.29) is 17.3 Å². The molecular formula is C32H41N3O5S. The Kier molecular flexibility index (Phi) is 11.3. The normalized spacial score (nSPS) is 11.9. The number of rotatable bonds is 14. The monoisotopic (exact) mass is 579 g/mol. The van der Waals surface area contributed by atoms with Crippen molar-refractivity contribution < 1.29 is 22.7 Å². The number of unbranched alkanes of at least 4 members (excludes halogenated alkanes) is 1. The van der Waals surface area contributed by atoms with E-state index in [0.717, 1.165) is 33.8 Å². The molecule has 3 aromatic rings. The van der Waals surface area contributed by atoms with Crippen molar-refractivity contribution in [1.82, 2.24) is 10.2 Å². The summed E-state index contributed by atoms with van der Waals surface area (Å²) in [5, 5.41) is 2.94. The van der Waals surface area contributed by atoms with Crippen molar-refractivity contribution >= 4 is 27.5 Å². The molecular weight excluding hydrogens is 538 g/mol. The van der Waals surface area contributed by atoms with Gasteiger partial charge < -0.3 is 15.0 Å². The Morgan fingerprint density at radius 3 is 2.00 bits per heavy atom. The molecule has 0 aliphatic heterocycles. The molecule has 0 aliphatic carbocycles. The number of hydrogen-bond acceptors (Lipinski definition) is 5. The van der Waals surface area contributed by atoms with Crippen LogP contribution < -0.4 is 14.4 Å². The van der Waals surface area contributed by atoms with E-state index in [9.17, 15) is 18.0 Å². The van der Waals surface area contributed by atoms with Gasteiger partial charge in [-0.2, -0.15) is 0 Å². The SMILES string of the molecule is CCCCNC(=O)[C@H](CC)N(Cc1ccc(OC)cc1)C(=O)CN(c1ccc(C)cc1)S(=O)(=O)c1ccc(C)cc1. The van der Waals surface area contributed by atoms with Crippen molar-refractivity contribution in [3.63, 3.8) is 0 Å². The summed E-state index contributed by atoms with van der Waals surface area (Å²) < 4.78 is 34.2. The Balaban J connectivity index is 2.02. The van der Waals surface area contributed by atoms with E-state index >= 15 is 0 Å². The number of nitrogens with one attached hydrogen (secondary N) is 1. The first-order chi connectivity index (χ1) is 19.6. The second-order valence-electron chi connectivity index (χ2n) is 10.1. The molecule has 3 rings (SSSR count). The number of carbonyl (C=O) groups excluding carboxylic acids is 2. The van der Waals surface area contributed by atoms with Gasteiger partial charge in [-0.05, 0) is 68.7 Å². The molecule has 0 bridgehead atoms. The third-order valence-corrected chi connectivity index (χ3v) is 8.73. The molecule has 0 aromatic heterocycles. The standard InChI is InChI=1S/C32H41N3O5S/c1-6-8-21-33-32(37)30(7-2)34(22-26-13-17-28(40-5)18-14-26)31(36)23-35(27-15-9-24(3)10-16-27)41(38,39)29-19-11-25(4)12-20-29/h9-20,30H,6-8,21-23H2,1-5H3,(H,33,37)/t30-/m0/s1. The summed E-state index contributed by atoms with van der Waals surface area (Å²) in [6.45, 7) is 7.85. The second kappa shape index (κ2) is 14.7. The molecule has 8 nitrogen and oxygen atoms in total. The fourth-order valence-electron chi connectivity index (χ4n) is 4.43. The number of nitrogens with zero attached hydrogens (tertiary/aromatic N) is 2. The average Bonchev–Trinajstić information content (AvgIpc) is 2.97. The lowest BCUT2D eigenvalue weighted by atomic mass is 10.1. The summed E-state index contributed by atoms with van der Waals surface area (Å²) in [6.07, 6.45) is 2.12. The Morgan fingerprint density at radius 1 is 0.878 bits per heavy atom. The molecule has 9 heteroatoms. The molecule has 1 atom stereocenters. The maximum Gasteiger partial charge on any atom is 0.264 e. The van der Waals surface area contributed by atoms with Gasteiger partial charge in [-0.3, -0.25) is 13.9 Å². The number of sulfonamides is 1. The number of benzene rings is 3. The Labute approximate surface area is 244 Å². The predicted octanol–water partition coefficient (Wildman–Crippen LogP) is 5.23. The van der Waals surface area contributed by atoms with Crippen molar-refractivity contribution in [3.8, 4) is 5.75 Å². The van der Waals surface area contributed by atoms with Gasteiger partial charge in [0.2, 0.25) is 11.8 Å². The lowest BCUT2D eigenvalue weighted by Crippen LogP contribution is -2.52. The Morgan fingerprint density at radius 2 is 1.46 bits per heavy atom. The van der Waals surface area contributed by atoms with Crippen LogP contribution in [0.15, 0.2) is 77.7 Å². The van der Waals surface area contributed by atoms with Crippen molar-refractivity contribution in [2.24, 2.45) is 0 Å². The summed E-state index contributed by atoms with van der Waals surface area (Å²) in [4.78, 5) is 28.9. The maximum absolute atomic E-state index is 14.1. The van der Waals surface area contributed by atoms with E-state index in [0.29, 0.717) is 24.4 Å². The zero-order valence-corrected chi connectivity index (χ0v) is 25.4. The largest absolute Gasteiger partial charge is 0.497 e. The van der Waals surface area contributed by atoms with Crippen LogP contribution in [0.4, 0.5) is 5.69 Å². The van der Waals surface area contributed by atoms with Crippen molar-refractivity contribution in [2.45, 2.75) is 64.4 Å². The van der Waals surface area contributed by atoms with Crippen LogP contribution in [0.3, 0.4) is 0 Å². The molecule has 0 unspecified atom stereocenters. The highest BCUT2D eigenvalue weighted by atomic mass is 32.2. The van der Waals surface area contributed by atoms with Crippen LogP contribution in [-0.4, -0.2) is 51.4 Å². The highest BCUT2D eigenvalue weighted by molar-refractivity contribution is 7.92. The first-order valence-corrected chi connectivity index (χ1v) is 15.4. The number of carbonyl (C=O) groups is 2. The molecule has 0 radical (unpaired) electrons. The second-order valence-corrected chi connectivity index (χ2v) is 12.0. The smallest absolute Gasteiger partial charge is 0.264 e. The van der Waals surface area contributed by atoms with Crippen LogP contribution in [0.25, 0.3) is 0 Å². The molecule has 41 heavy (non-hydrogen) atoms. The minimum Gasteiger partial charge on any atom is -0.497 e. The van der Waals surface area contributed by atoms with Crippen LogP contribution in [0.2, 0.25) is 0 Å². The molecule has 0 spiro atoms. The number of amides is 2.